The molecule has 0 spiro atoms. The van der Waals surface area contributed by atoms with Crippen LogP contribution in [0.4, 0.5) is 5.69 Å². The van der Waals surface area contributed by atoms with Crippen LogP contribution in [0.2, 0.25) is 0 Å². The topological polar surface area (TPSA) is 29.1 Å². The highest BCUT2D eigenvalue weighted by molar-refractivity contribution is 9.11. The van der Waals surface area contributed by atoms with Crippen molar-refractivity contribution in [2.45, 2.75) is 3.24 Å². The van der Waals surface area contributed by atoms with E-state index in [1.165, 1.54) is 0 Å². The Bertz CT molecular complexity index is 297. The minimum Gasteiger partial charge on any atom is -0.323 e. The van der Waals surface area contributed by atoms with Crippen molar-refractivity contribution < 1.29 is 4.79 Å². The standard InChI is InChI=1S/C8H6BrCl2NO/c9-8(10,11)7(13)12-6-4-2-1-3-5-6/h1-5H,(H,12,13). The molecule has 5 heteroatoms. The zero-order chi connectivity index (χ0) is 9.90. The van der Waals surface area contributed by atoms with Gasteiger partial charge in [-0.15, -0.1) is 0 Å². The molecule has 0 aromatic heterocycles. The third kappa shape index (κ3) is 3.55. The van der Waals surface area contributed by atoms with E-state index in [1.807, 2.05) is 6.07 Å². The molecule has 0 aliphatic carbocycles. The minimum atomic E-state index is -1.58. The first kappa shape index (κ1) is 10.8. The first-order valence-electron chi connectivity index (χ1n) is 3.43. The second kappa shape index (κ2) is 4.31. The molecule has 1 N–H and O–H groups in total. The highest BCUT2D eigenvalue weighted by Crippen LogP contribution is 2.29. The highest BCUT2D eigenvalue weighted by atomic mass is 79.9. The smallest absolute Gasteiger partial charge is 0.271 e. The molecule has 0 atom stereocenters. The molecule has 1 aromatic rings. The summed E-state index contributed by atoms with van der Waals surface area (Å²) in [6.45, 7) is 0. The highest BCUT2D eigenvalue weighted by Gasteiger charge is 2.29. The van der Waals surface area contributed by atoms with Crippen LogP contribution in [0.1, 0.15) is 0 Å². The molecule has 0 bridgehead atoms. The van der Waals surface area contributed by atoms with E-state index in [0.29, 0.717) is 5.69 Å². The van der Waals surface area contributed by atoms with Gasteiger partial charge >= 0.3 is 0 Å². The van der Waals surface area contributed by atoms with Crippen molar-refractivity contribution in [3.63, 3.8) is 0 Å². The molecule has 1 aromatic carbocycles. The first-order valence-corrected chi connectivity index (χ1v) is 4.98. The van der Waals surface area contributed by atoms with Gasteiger partial charge < -0.3 is 5.32 Å². The average Bonchev–Trinajstić information content (AvgIpc) is 2.04. The number of hydrogen-bond acceptors (Lipinski definition) is 1. The summed E-state index contributed by atoms with van der Waals surface area (Å²) < 4.78 is -1.58. The Morgan fingerprint density at radius 3 is 2.31 bits per heavy atom. The van der Waals surface area contributed by atoms with Crippen molar-refractivity contribution in [3.8, 4) is 0 Å². The molecule has 13 heavy (non-hydrogen) atoms. The van der Waals surface area contributed by atoms with Gasteiger partial charge in [-0.1, -0.05) is 41.4 Å². The summed E-state index contributed by atoms with van der Waals surface area (Å²) >= 11 is 13.8. The third-order valence-corrected chi connectivity index (χ3v) is 1.99. The van der Waals surface area contributed by atoms with Gasteiger partial charge in [0.25, 0.3) is 5.91 Å². The summed E-state index contributed by atoms with van der Waals surface area (Å²) in [6, 6.07) is 8.93. The van der Waals surface area contributed by atoms with Crippen molar-refractivity contribution in [1.82, 2.24) is 0 Å². The van der Waals surface area contributed by atoms with Gasteiger partial charge in [0.15, 0.2) is 0 Å². The van der Waals surface area contributed by atoms with Gasteiger partial charge in [0.05, 0.1) is 0 Å². The Morgan fingerprint density at radius 2 is 1.85 bits per heavy atom. The third-order valence-electron chi connectivity index (χ3n) is 1.29. The number of nitrogens with one attached hydrogen (secondary N) is 1. The lowest BCUT2D eigenvalue weighted by Gasteiger charge is -2.11. The number of anilines is 1. The van der Waals surface area contributed by atoms with E-state index in [2.05, 4.69) is 21.2 Å². The molecular weight excluding hydrogens is 277 g/mol. The van der Waals surface area contributed by atoms with Crippen LogP contribution in [0.3, 0.4) is 0 Å². The fourth-order valence-electron chi connectivity index (χ4n) is 0.723. The van der Waals surface area contributed by atoms with E-state index in [4.69, 9.17) is 23.2 Å². The van der Waals surface area contributed by atoms with Gasteiger partial charge in [0, 0.05) is 5.69 Å². The Morgan fingerprint density at radius 1 is 1.31 bits per heavy atom. The summed E-state index contributed by atoms with van der Waals surface area (Å²) in [5.74, 6) is -0.512. The predicted molar refractivity (Wildman–Crippen MR) is 58.4 cm³/mol. The van der Waals surface area contributed by atoms with Crippen LogP contribution in [0.5, 0.6) is 0 Å². The largest absolute Gasteiger partial charge is 0.323 e. The molecule has 0 fully saturated rings. The molecular formula is C8H6BrCl2NO. The maximum absolute atomic E-state index is 11.2. The molecule has 1 amide bonds. The van der Waals surface area contributed by atoms with Crippen LogP contribution < -0.4 is 5.32 Å². The second-order valence-corrected chi connectivity index (χ2v) is 5.75. The van der Waals surface area contributed by atoms with Crippen LogP contribution in [-0.4, -0.2) is 9.15 Å². The zero-order valence-corrected chi connectivity index (χ0v) is 9.53. The maximum atomic E-state index is 11.2. The summed E-state index contributed by atoms with van der Waals surface area (Å²) in [5.41, 5.74) is 0.651. The van der Waals surface area contributed by atoms with Gasteiger partial charge in [0.1, 0.15) is 0 Å². The summed E-state index contributed by atoms with van der Waals surface area (Å²) in [5, 5.41) is 2.53. The van der Waals surface area contributed by atoms with Gasteiger partial charge in [0.2, 0.25) is 3.24 Å². The van der Waals surface area contributed by atoms with Gasteiger partial charge in [-0.25, -0.2) is 0 Å². The van der Waals surface area contributed by atoms with Crippen molar-refractivity contribution >= 4 is 50.7 Å². The number of carbonyl (C=O) groups is 1. The number of rotatable bonds is 2. The summed E-state index contributed by atoms with van der Waals surface area (Å²) in [7, 11) is 0. The molecule has 0 saturated carbocycles. The van der Waals surface area contributed by atoms with E-state index in [9.17, 15) is 4.79 Å². The number of alkyl halides is 3. The normalized spacial score (nSPS) is 11.0. The van der Waals surface area contributed by atoms with Crippen molar-refractivity contribution in [2.75, 3.05) is 5.32 Å². The van der Waals surface area contributed by atoms with Crippen molar-refractivity contribution in [3.05, 3.63) is 30.3 Å². The Kier molecular flexibility index (Phi) is 3.59. The Labute approximate surface area is 94.3 Å². The monoisotopic (exact) mass is 281 g/mol. The van der Waals surface area contributed by atoms with E-state index in [1.54, 1.807) is 24.3 Å². The summed E-state index contributed by atoms with van der Waals surface area (Å²) in [6.07, 6.45) is 0. The van der Waals surface area contributed by atoms with Crippen LogP contribution >= 0.6 is 39.1 Å². The van der Waals surface area contributed by atoms with Gasteiger partial charge in [-0.2, -0.15) is 0 Å². The van der Waals surface area contributed by atoms with E-state index in [0.717, 1.165) is 0 Å². The molecule has 0 aliphatic heterocycles. The minimum absolute atomic E-state index is 0.512. The van der Waals surface area contributed by atoms with Crippen LogP contribution in [0.25, 0.3) is 0 Å². The van der Waals surface area contributed by atoms with Crippen molar-refractivity contribution in [1.29, 1.82) is 0 Å². The molecule has 0 radical (unpaired) electrons. The number of hydrogen-bond donors (Lipinski definition) is 1. The molecule has 0 heterocycles. The van der Waals surface area contributed by atoms with Crippen LogP contribution in [-0.2, 0) is 4.79 Å². The average molecular weight is 283 g/mol. The number of para-hydroxylation sites is 1. The number of amides is 1. The maximum Gasteiger partial charge on any atom is 0.271 e. The second-order valence-electron chi connectivity index (χ2n) is 2.32. The van der Waals surface area contributed by atoms with Gasteiger partial charge in [-0.05, 0) is 28.1 Å². The predicted octanol–water partition coefficient (Wildman–Crippen LogP) is 3.15. The molecule has 2 nitrogen and oxygen atoms in total. The lowest BCUT2D eigenvalue weighted by Crippen LogP contribution is -2.26. The van der Waals surface area contributed by atoms with E-state index in [-0.39, 0.29) is 0 Å². The van der Waals surface area contributed by atoms with Crippen molar-refractivity contribution in [2.24, 2.45) is 0 Å². The Balaban J connectivity index is 2.66. The fourth-order valence-corrected chi connectivity index (χ4v) is 0.917. The molecule has 1 rings (SSSR count). The first-order chi connectivity index (χ1) is 6.00. The number of halogens is 3. The van der Waals surface area contributed by atoms with E-state index >= 15 is 0 Å². The quantitative estimate of drug-likeness (QED) is 0.830. The SMILES string of the molecule is O=C(Nc1ccccc1)C(Cl)(Cl)Br. The lowest BCUT2D eigenvalue weighted by atomic mass is 10.3. The van der Waals surface area contributed by atoms with E-state index < -0.39 is 9.15 Å². The Hall–Kier alpha value is -0.250. The lowest BCUT2D eigenvalue weighted by molar-refractivity contribution is -0.115. The molecule has 0 unspecified atom stereocenters. The number of benzene rings is 1. The molecule has 70 valence electrons. The van der Waals surface area contributed by atoms with Crippen LogP contribution in [0, 0.1) is 0 Å². The van der Waals surface area contributed by atoms with Crippen LogP contribution in [0.15, 0.2) is 30.3 Å². The fraction of sp³-hybridized carbons (Fsp3) is 0.125. The zero-order valence-electron chi connectivity index (χ0n) is 6.43. The number of carbonyl (C=O) groups excluding carboxylic acids is 1. The summed E-state index contributed by atoms with van der Waals surface area (Å²) in [4.78, 5) is 11.2. The molecule has 0 aliphatic rings. The van der Waals surface area contributed by atoms with Gasteiger partial charge in [-0.3, -0.25) is 4.79 Å². The molecule has 0 saturated heterocycles.